The van der Waals surface area contributed by atoms with Crippen LogP contribution in [0.4, 0.5) is 13.2 Å². The first-order valence-corrected chi connectivity index (χ1v) is 15.9. The van der Waals surface area contributed by atoms with E-state index in [1.54, 1.807) is 30.5 Å². The number of aromatic amines is 1. The van der Waals surface area contributed by atoms with E-state index in [2.05, 4.69) is 19.9 Å². The SMILES string of the molecule is CC[C@@H]1CN(C(=O)Cc2cnc(OC3CCN(C)CC3)c(C(F)(F)F)c2)Cc2cc(Oc3ccnc4[nH]c(CCOC)cc34)cnc21. The number of ether oxygens (including phenoxy) is 3. The number of pyridine rings is 3. The summed E-state index contributed by atoms with van der Waals surface area (Å²) in [6, 6.07) is 6.65. The number of hydrogen-bond donors (Lipinski definition) is 1. The lowest BCUT2D eigenvalue weighted by atomic mass is 9.92. The molecule has 47 heavy (non-hydrogen) atoms. The van der Waals surface area contributed by atoms with Gasteiger partial charge >= 0.3 is 6.18 Å². The van der Waals surface area contributed by atoms with Crippen molar-refractivity contribution < 1.29 is 32.2 Å². The highest BCUT2D eigenvalue weighted by Gasteiger charge is 2.37. The highest BCUT2D eigenvalue weighted by Crippen LogP contribution is 2.38. The molecule has 0 aliphatic carbocycles. The third-order valence-corrected chi connectivity index (χ3v) is 8.87. The zero-order valence-electron chi connectivity index (χ0n) is 26.8. The normalized spacial score (nSPS) is 17.6. The van der Waals surface area contributed by atoms with Crippen molar-refractivity contribution in [2.24, 2.45) is 0 Å². The topological polar surface area (TPSA) is 106 Å². The van der Waals surface area contributed by atoms with E-state index in [0.29, 0.717) is 49.6 Å². The van der Waals surface area contributed by atoms with E-state index in [-0.39, 0.29) is 36.5 Å². The first-order chi connectivity index (χ1) is 22.6. The van der Waals surface area contributed by atoms with Gasteiger partial charge in [-0.15, -0.1) is 0 Å². The zero-order valence-corrected chi connectivity index (χ0v) is 26.8. The fraction of sp³-hybridized carbons (Fsp3) is 0.471. The van der Waals surface area contributed by atoms with Crippen molar-refractivity contribution in [3.05, 3.63) is 70.9 Å². The van der Waals surface area contributed by atoms with Crippen molar-refractivity contribution in [1.29, 1.82) is 0 Å². The zero-order chi connectivity index (χ0) is 33.1. The average molecular weight is 653 g/mol. The molecule has 0 spiro atoms. The van der Waals surface area contributed by atoms with Crippen LogP contribution in [0, 0.1) is 0 Å². The van der Waals surface area contributed by atoms with E-state index in [1.165, 1.54) is 6.20 Å². The molecule has 2 aliphatic heterocycles. The van der Waals surface area contributed by atoms with Crippen LogP contribution in [0.15, 0.2) is 42.9 Å². The molecule has 10 nitrogen and oxygen atoms in total. The molecule has 6 rings (SSSR count). The van der Waals surface area contributed by atoms with E-state index in [4.69, 9.17) is 19.2 Å². The third kappa shape index (κ3) is 7.51. The molecular weight excluding hydrogens is 613 g/mol. The van der Waals surface area contributed by atoms with Crippen molar-refractivity contribution >= 4 is 16.9 Å². The van der Waals surface area contributed by atoms with Gasteiger partial charge in [-0.1, -0.05) is 6.92 Å². The number of piperidine rings is 1. The number of carbonyl (C=O) groups excluding carboxylic acids is 1. The highest BCUT2D eigenvalue weighted by molar-refractivity contribution is 5.83. The van der Waals surface area contributed by atoms with Gasteiger partial charge in [0, 0.05) is 63.7 Å². The predicted molar refractivity (Wildman–Crippen MR) is 169 cm³/mol. The molecule has 1 amide bonds. The van der Waals surface area contributed by atoms with Crippen molar-refractivity contribution in [3.8, 4) is 17.4 Å². The van der Waals surface area contributed by atoms with Gasteiger partial charge in [-0.3, -0.25) is 9.78 Å². The summed E-state index contributed by atoms with van der Waals surface area (Å²) in [7, 11) is 3.62. The summed E-state index contributed by atoms with van der Waals surface area (Å²) in [5.74, 6) is 0.387. The number of amides is 1. The van der Waals surface area contributed by atoms with Gasteiger partial charge in [-0.25, -0.2) is 9.97 Å². The fourth-order valence-electron chi connectivity index (χ4n) is 6.24. The minimum absolute atomic E-state index is 0.0217. The molecule has 1 fully saturated rings. The van der Waals surface area contributed by atoms with Crippen molar-refractivity contribution in [3.63, 3.8) is 0 Å². The Bertz CT molecular complexity index is 1720. The summed E-state index contributed by atoms with van der Waals surface area (Å²) in [4.78, 5) is 33.8. The first-order valence-electron chi connectivity index (χ1n) is 15.9. The minimum Gasteiger partial charge on any atom is -0.474 e. The van der Waals surface area contributed by atoms with Crippen LogP contribution < -0.4 is 9.47 Å². The van der Waals surface area contributed by atoms with Crippen molar-refractivity contribution in [2.45, 2.75) is 63.8 Å². The van der Waals surface area contributed by atoms with Gasteiger partial charge in [0.05, 0.1) is 30.3 Å². The van der Waals surface area contributed by atoms with Crippen LogP contribution in [0.2, 0.25) is 0 Å². The number of fused-ring (bicyclic) bond motifs is 2. The van der Waals surface area contributed by atoms with E-state index >= 15 is 0 Å². The molecule has 1 saturated heterocycles. The third-order valence-electron chi connectivity index (χ3n) is 8.87. The summed E-state index contributed by atoms with van der Waals surface area (Å²) >= 11 is 0. The first kappa shape index (κ1) is 32.7. The monoisotopic (exact) mass is 652 g/mol. The molecule has 13 heteroatoms. The number of H-pyrrole nitrogens is 1. The number of nitrogens with zero attached hydrogens (tertiary/aromatic N) is 5. The Hall–Kier alpha value is -4.23. The Morgan fingerprint density at radius 3 is 2.66 bits per heavy atom. The Morgan fingerprint density at radius 1 is 1.11 bits per heavy atom. The molecule has 0 bridgehead atoms. The molecule has 2 aliphatic rings. The van der Waals surface area contributed by atoms with Crippen molar-refractivity contribution in [2.75, 3.05) is 40.4 Å². The van der Waals surface area contributed by atoms with Gasteiger partial charge in [0.2, 0.25) is 11.8 Å². The van der Waals surface area contributed by atoms with Gasteiger partial charge in [-0.2, -0.15) is 13.2 Å². The van der Waals surface area contributed by atoms with Crippen LogP contribution in [0.1, 0.15) is 60.2 Å². The fourth-order valence-corrected chi connectivity index (χ4v) is 6.24. The number of nitrogens with one attached hydrogen (secondary N) is 1. The molecule has 1 atom stereocenters. The lowest BCUT2D eigenvalue weighted by molar-refractivity contribution is -0.140. The average Bonchev–Trinajstić information content (AvgIpc) is 3.48. The van der Waals surface area contributed by atoms with Crippen LogP contribution in [0.25, 0.3) is 11.0 Å². The molecular formula is C34H39F3N6O4. The molecule has 0 radical (unpaired) electrons. The van der Waals surface area contributed by atoms with Crippen molar-refractivity contribution in [1.82, 2.24) is 29.7 Å². The number of likely N-dealkylation sites (tertiary alicyclic amines) is 1. The maximum atomic E-state index is 14.1. The summed E-state index contributed by atoms with van der Waals surface area (Å²) in [6.45, 7) is 4.78. The lowest BCUT2D eigenvalue weighted by Crippen LogP contribution is -2.39. The Balaban J connectivity index is 1.18. The highest BCUT2D eigenvalue weighted by atomic mass is 19.4. The summed E-state index contributed by atoms with van der Waals surface area (Å²) in [6.07, 6.45) is 2.15. The number of hydrogen-bond acceptors (Lipinski definition) is 8. The number of rotatable bonds is 10. The van der Waals surface area contributed by atoms with E-state index in [0.717, 1.165) is 47.9 Å². The second kappa shape index (κ2) is 13.9. The largest absolute Gasteiger partial charge is 0.474 e. The Kier molecular flexibility index (Phi) is 9.65. The van der Waals surface area contributed by atoms with Crippen LogP contribution in [0.3, 0.4) is 0 Å². The second-order valence-corrected chi connectivity index (χ2v) is 12.3. The number of alkyl halides is 3. The summed E-state index contributed by atoms with van der Waals surface area (Å²) in [5, 5.41) is 0.828. The number of aromatic nitrogens is 4. The Morgan fingerprint density at radius 2 is 1.91 bits per heavy atom. The number of carbonyl (C=O) groups is 1. The molecule has 6 heterocycles. The second-order valence-electron chi connectivity index (χ2n) is 12.3. The standard InChI is InChI=1S/C34H39F3N6O4/c1-4-22-19-43(30(44)14-21-13-28(34(35,36)37)33(40-17-21)47-25-6-10-42(2)11-7-25)20-23-15-26(18-39-31(22)23)46-29-5-9-38-32-27(29)16-24(41-32)8-12-45-3/h5,9,13,15-18,22,25H,4,6-8,10-12,14,19-20H2,1-3H3,(H,38,41)/t22-/m1/s1. The van der Waals surface area contributed by atoms with E-state index < -0.39 is 17.6 Å². The molecule has 0 aromatic carbocycles. The molecule has 1 N–H and O–H groups in total. The van der Waals surface area contributed by atoms with Gasteiger partial charge < -0.3 is 29.0 Å². The van der Waals surface area contributed by atoms with E-state index in [9.17, 15) is 18.0 Å². The number of methoxy groups -OCH3 is 1. The molecule has 4 aromatic heterocycles. The maximum absolute atomic E-state index is 14.1. The molecule has 4 aromatic rings. The Labute approximate surface area is 271 Å². The van der Waals surface area contributed by atoms with Gasteiger partial charge in [-0.05, 0) is 61.7 Å². The summed E-state index contributed by atoms with van der Waals surface area (Å²) in [5.41, 5.74) is 2.64. The molecule has 250 valence electrons. The quantitative estimate of drug-likeness (QED) is 0.226. The lowest BCUT2D eigenvalue weighted by Gasteiger charge is -2.34. The smallest absolute Gasteiger partial charge is 0.421 e. The van der Waals surface area contributed by atoms with Gasteiger partial charge in [0.1, 0.15) is 28.8 Å². The van der Waals surface area contributed by atoms with Gasteiger partial charge in [0.25, 0.3) is 0 Å². The number of halogens is 3. The van der Waals surface area contributed by atoms with Crippen LogP contribution in [0.5, 0.6) is 17.4 Å². The van der Waals surface area contributed by atoms with Gasteiger partial charge in [0.15, 0.2) is 0 Å². The maximum Gasteiger partial charge on any atom is 0.421 e. The van der Waals surface area contributed by atoms with Crippen LogP contribution in [-0.2, 0) is 35.1 Å². The minimum atomic E-state index is -4.67. The predicted octanol–water partition coefficient (Wildman–Crippen LogP) is 5.90. The molecule has 0 saturated carbocycles. The van der Waals surface area contributed by atoms with Crippen LogP contribution >= 0.6 is 0 Å². The van der Waals surface area contributed by atoms with Crippen LogP contribution in [-0.4, -0.2) is 82.1 Å². The summed E-state index contributed by atoms with van der Waals surface area (Å²) < 4.78 is 59.4. The van der Waals surface area contributed by atoms with E-state index in [1.807, 2.05) is 26.1 Å². The molecule has 0 unspecified atom stereocenters.